The Morgan fingerprint density at radius 2 is 1.70 bits per heavy atom. The van der Waals surface area contributed by atoms with Gasteiger partial charge in [-0.1, -0.05) is 18.2 Å². The van der Waals surface area contributed by atoms with E-state index in [4.69, 9.17) is 0 Å². The fraction of sp³-hybridized carbons (Fsp3) is 0.455. The molecule has 30 heavy (non-hydrogen) atoms. The molecule has 1 aromatic carbocycles. The maximum Gasteiger partial charge on any atom is 0.271 e. The molecule has 2 aromatic heterocycles. The van der Waals surface area contributed by atoms with Gasteiger partial charge < -0.3 is 10.6 Å². The van der Waals surface area contributed by atoms with Crippen LogP contribution >= 0.6 is 11.5 Å². The zero-order valence-corrected chi connectivity index (χ0v) is 18.3. The lowest BCUT2D eigenvalue weighted by atomic mass is 9.91. The maximum atomic E-state index is 12.7. The van der Waals surface area contributed by atoms with Gasteiger partial charge in [-0.25, -0.2) is 0 Å². The van der Waals surface area contributed by atoms with Crippen LogP contribution in [-0.2, 0) is 0 Å². The minimum absolute atomic E-state index is 0.0687. The zero-order valence-electron chi connectivity index (χ0n) is 17.5. The Morgan fingerprint density at radius 1 is 1.07 bits per heavy atom. The van der Waals surface area contributed by atoms with Gasteiger partial charge in [0.1, 0.15) is 5.69 Å². The average molecular weight is 426 g/mol. The molecule has 1 aliphatic rings. The van der Waals surface area contributed by atoms with Crippen LogP contribution in [0.15, 0.2) is 30.5 Å². The molecular weight excluding hydrogens is 398 g/mol. The van der Waals surface area contributed by atoms with Crippen LogP contribution in [0.25, 0.3) is 10.1 Å². The van der Waals surface area contributed by atoms with E-state index in [-0.39, 0.29) is 29.9 Å². The quantitative estimate of drug-likeness (QED) is 0.650. The van der Waals surface area contributed by atoms with Crippen LogP contribution in [0.3, 0.4) is 0 Å². The lowest BCUT2D eigenvalue weighted by Crippen LogP contribution is -2.44. The molecule has 1 fully saturated rings. The van der Waals surface area contributed by atoms with Gasteiger partial charge in [-0.3, -0.25) is 14.3 Å². The minimum Gasteiger partial charge on any atom is -0.349 e. The smallest absolute Gasteiger partial charge is 0.271 e. The number of amides is 2. The molecule has 0 unspecified atom stereocenters. The molecule has 0 bridgehead atoms. The second-order valence-corrected chi connectivity index (χ2v) is 9.03. The summed E-state index contributed by atoms with van der Waals surface area (Å²) >= 11 is 1.35. The Bertz CT molecular complexity index is 1060. The number of aryl methyl sites for hydroxylation is 1. The van der Waals surface area contributed by atoms with Crippen LogP contribution in [0.4, 0.5) is 0 Å². The molecule has 0 spiro atoms. The normalized spacial score (nSPS) is 19.2. The number of aromatic nitrogens is 3. The van der Waals surface area contributed by atoms with Crippen molar-refractivity contribution in [2.75, 3.05) is 0 Å². The van der Waals surface area contributed by atoms with Gasteiger partial charge in [0, 0.05) is 29.7 Å². The van der Waals surface area contributed by atoms with E-state index in [1.54, 1.807) is 0 Å². The number of rotatable bonds is 5. The fourth-order valence-electron chi connectivity index (χ4n) is 3.92. The highest BCUT2D eigenvalue weighted by Gasteiger charge is 2.26. The van der Waals surface area contributed by atoms with Gasteiger partial charge in [-0.15, -0.1) is 0 Å². The molecule has 4 rings (SSSR count). The summed E-state index contributed by atoms with van der Waals surface area (Å²) in [6.45, 7) is 5.94. The van der Waals surface area contributed by atoms with Crippen molar-refractivity contribution in [2.45, 2.75) is 64.6 Å². The Kier molecular flexibility index (Phi) is 5.85. The highest BCUT2D eigenvalue weighted by Crippen LogP contribution is 2.24. The van der Waals surface area contributed by atoms with Gasteiger partial charge in [0.25, 0.3) is 11.8 Å². The highest BCUT2D eigenvalue weighted by atomic mass is 32.1. The van der Waals surface area contributed by atoms with E-state index in [9.17, 15) is 9.59 Å². The summed E-state index contributed by atoms with van der Waals surface area (Å²) in [4.78, 5) is 25.3. The molecule has 0 radical (unpaired) electrons. The van der Waals surface area contributed by atoms with E-state index in [0.29, 0.717) is 11.3 Å². The molecule has 8 heteroatoms. The number of carbonyl (C=O) groups excluding carboxylic acids is 2. The SMILES string of the molecule is Cc1nn(C(C)C)cc1C(=O)NC1CCC(NC(=O)c2nsc3ccccc23)CC1. The van der Waals surface area contributed by atoms with Crippen molar-refractivity contribution in [3.8, 4) is 0 Å². The molecular formula is C22H27N5O2S. The van der Waals surface area contributed by atoms with Crippen LogP contribution in [0, 0.1) is 6.92 Å². The van der Waals surface area contributed by atoms with Crippen LogP contribution in [0.2, 0.25) is 0 Å². The largest absolute Gasteiger partial charge is 0.349 e. The Balaban J connectivity index is 1.31. The molecule has 2 N–H and O–H groups in total. The molecule has 7 nitrogen and oxygen atoms in total. The van der Waals surface area contributed by atoms with Gasteiger partial charge in [0.15, 0.2) is 0 Å². The summed E-state index contributed by atoms with van der Waals surface area (Å²) in [5.74, 6) is -0.183. The van der Waals surface area contributed by atoms with Gasteiger partial charge in [0.2, 0.25) is 0 Å². The summed E-state index contributed by atoms with van der Waals surface area (Å²) in [6, 6.07) is 8.23. The molecule has 0 aliphatic heterocycles. The van der Waals surface area contributed by atoms with E-state index in [0.717, 1.165) is 41.5 Å². The molecule has 0 saturated heterocycles. The van der Waals surface area contributed by atoms with E-state index < -0.39 is 0 Å². The third kappa shape index (κ3) is 4.23. The molecule has 2 heterocycles. The topological polar surface area (TPSA) is 88.9 Å². The summed E-state index contributed by atoms with van der Waals surface area (Å²) in [5, 5.41) is 11.6. The van der Waals surface area contributed by atoms with Crippen molar-refractivity contribution in [1.29, 1.82) is 0 Å². The predicted molar refractivity (Wildman–Crippen MR) is 118 cm³/mol. The summed E-state index contributed by atoms with van der Waals surface area (Å²) in [6.07, 6.45) is 5.17. The third-order valence-corrected chi connectivity index (χ3v) is 6.51. The molecule has 1 saturated carbocycles. The number of nitrogens with one attached hydrogen (secondary N) is 2. The summed E-state index contributed by atoms with van der Waals surface area (Å²) in [7, 11) is 0. The van der Waals surface area contributed by atoms with Crippen LogP contribution in [0.1, 0.15) is 72.1 Å². The maximum absolute atomic E-state index is 12.7. The van der Waals surface area contributed by atoms with Gasteiger partial charge in [0.05, 0.1) is 16.0 Å². The Hall–Kier alpha value is -2.74. The number of carbonyl (C=O) groups is 2. The summed E-state index contributed by atoms with van der Waals surface area (Å²) in [5.41, 5.74) is 1.89. The average Bonchev–Trinajstić information content (AvgIpc) is 3.33. The predicted octanol–water partition coefficient (Wildman–Crippen LogP) is 3.85. The van der Waals surface area contributed by atoms with E-state index in [2.05, 4.69) is 20.1 Å². The van der Waals surface area contributed by atoms with Gasteiger partial charge in [-0.2, -0.15) is 9.47 Å². The number of benzene rings is 1. The minimum atomic E-state index is -0.114. The second kappa shape index (κ2) is 8.55. The van der Waals surface area contributed by atoms with Gasteiger partial charge >= 0.3 is 0 Å². The fourth-order valence-corrected chi connectivity index (χ4v) is 4.69. The Labute approximate surface area is 180 Å². The van der Waals surface area contributed by atoms with Crippen molar-refractivity contribution < 1.29 is 9.59 Å². The molecule has 0 atom stereocenters. The highest BCUT2D eigenvalue weighted by molar-refractivity contribution is 7.13. The summed E-state index contributed by atoms with van der Waals surface area (Å²) < 4.78 is 7.17. The number of hydrogen-bond acceptors (Lipinski definition) is 5. The number of fused-ring (bicyclic) bond motifs is 1. The molecule has 3 aromatic rings. The first-order valence-corrected chi connectivity index (χ1v) is 11.2. The third-order valence-electron chi connectivity index (χ3n) is 5.68. The van der Waals surface area contributed by atoms with Crippen LogP contribution < -0.4 is 10.6 Å². The van der Waals surface area contributed by atoms with E-state index in [1.807, 2.05) is 55.9 Å². The van der Waals surface area contributed by atoms with Crippen LogP contribution in [0.5, 0.6) is 0 Å². The van der Waals surface area contributed by atoms with Crippen molar-refractivity contribution >= 4 is 33.4 Å². The zero-order chi connectivity index (χ0) is 21.3. The standard InChI is InChI=1S/C22H27N5O2S/c1-13(2)27-12-18(14(3)25-27)21(28)23-15-8-10-16(11-9-15)24-22(29)20-17-6-4-5-7-19(17)30-26-20/h4-7,12-13,15-16H,8-11H2,1-3H3,(H,23,28)(H,24,29). The van der Waals surface area contributed by atoms with Crippen molar-refractivity contribution in [1.82, 2.24) is 24.8 Å². The van der Waals surface area contributed by atoms with Gasteiger partial charge in [-0.05, 0) is 64.1 Å². The van der Waals surface area contributed by atoms with E-state index in [1.165, 1.54) is 11.5 Å². The van der Waals surface area contributed by atoms with Crippen LogP contribution in [-0.4, -0.2) is 38.1 Å². The monoisotopic (exact) mass is 425 g/mol. The lowest BCUT2D eigenvalue weighted by molar-refractivity contribution is 0.0890. The first kappa shape index (κ1) is 20.5. The number of hydrogen-bond donors (Lipinski definition) is 2. The van der Waals surface area contributed by atoms with E-state index >= 15 is 0 Å². The van der Waals surface area contributed by atoms with Crippen molar-refractivity contribution in [3.63, 3.8) is 0 Å². The Morgan fingerprint density at radius 3 is 2.33 bits per heavy atom. The van der Waals surface area contributed by atoms with Crippen molar-refractivity contribution in [2.24, 2.45) is 0 Å². The molecule has 158 valence electrons. The van der Waals surface area contributed by atoms with Crippen molar-refractivity contribution in [3.05, 3.63) is 47.4 Å². The lowest BCUT2D eigenvalue weighted by Gasteiger charge is -2.29. The second-order valence-electron chi connectivity index (χ2n) is 8.22. The molecule has 2 amide bonds. The first-order chi connectivity index (χ1) is 14.4. The first-order valence-electron chi connectivity index (χ1n) is 10.4. The molecule has 1 aliphatic carbocycles. The number of nitrogens with zero attached hydrogens (tertiary/aromatic N) is 3.